The molecule has 2 N–H and O–H groups in total. The number of amides is 1. The molecule has 1 unspecified atom stereocenters. The Morgan fingerprint density at radius 2 is 2.04 bits per heavy atom. The number of nitrogens with zero attached hydrogens (tertiary/aromatic N) is 4. The van der Waals surface area contributed by atoms with Gasteiger partial charge in [0, 0.05) is 17.7 Å². The van der Waals surface area contributed by atoms with Gasteiger partial charge >= 0.3 is 0 Å². The van der Waals surface area contributed by atoms with Gasteiger partial charge in [-0.3, -0.25) is 4.79 Å². The number of aromatic nitrogens is 4. The van der Waals surface area contributed by atoms with E-state index in [1.807, 2.05) is 45.0 Å². The van der Waals surface area contributed by atoms with Gasteiger partial charge in [-0.15, -0.1) is 10.2 Å². The second-order valence-electron chi connectivity index (χ2n) is 5.95. The molecule has 2 rings (SSSR count). The maximum Gasteiger partial charge on any atom is 0.244 e. The molecule has 0 aliphatic carbocycles. The van der Waals surface area contributed by atoms with Crippen LogP contribution < -0.4 is 5.32 Å². The molecular weight excluding hydrogens is 294 g/mol. The molecule has 23 heavy (non-hydrogen) atoms. The van der Waals surface area contributed by atoms with Crippen molar-refractivity contribution in [2.75, 3.05) is 6.61 Å². The SMILES string of the molecule is CCC(C)(CCO)NC(=O)Cn1nnc(-c2ccc(C)cc2)n1. The van der Waals surface area contributed by atoms with Crippen LogP contribution in [-0.4, -0.2) is 43.4 Å². The zero-order valence-corrected chi connectivity index (χ0v) is 13.8. The smallest absolute Gasteiger partial charge is 0.244 e. The molecule has 1 aromatic heterocycles. The zero-order valence-electron chi connectivity index (χ0n) is 13.8. The molecule has 0 aliphatic rings. The third-order valence-electron chi connectivity index (χ3n) is 3.93. The van der Waals surface area contributed by atoms with Crippen LogP contribution in [0.3, 0.4) is 0 Å². The molecule has 2 aromatic rings. The molecule has 0 fully saturated rings. The number of tetrazole rings is 1. The molecule has 1 aromatic carbocycles. The van der Waals surface area contributed by atoms with E-state index in [1.165, 1.54) is 4.80 Å². The van der Waals surface area contributed by atoms with Crippen molar-refractivity contribution in [2.45, 2.75) is 45.7 Å². The van der Waals surface area contributed by atoms with E-state index in [1.54, 1.807) is 0 Å². The van der Waals surface area contributed by atoms with Gasteiger partial charge in [-0.1, -0.05) is 36.8 Å². The summed E-state index contributed by atoms with van der Waals surface area (Å²) in [6.45, 7) is 5.92. The quantitative estimate of drug-likeness (QED) is 0.803. The fourth-order valence-corrected chi connectivity index (χ4v) is 2.21. The molecule has 0 radical (unpaired) electrons. The van der Waals surface area contributed by atoms with E-state index in [0.717, 1.165) is 17.5 Å². The Balaban J connectivity index is 2.01. The molecular formula is C16H23N5O2. The highest BCUT2D eigenvalue weighted by molar-refractivity contribution is 5.76. The zero-order chi connectivity index (χ0) is 16.9. The number of aliphatic hydroxyl groups is 1. The number of hydrogen-bond donors (Lipinski definition) is 2. The van der Waals surface area contributed by atoms with Crippen LogP contribution in [0.15, 0.2) is 24.3 Å². The predicted octanol–water partition coefficient (Wildman–Crippen LogP) is 1.32. The minimum atomic E-state index is -0.424. The van der Waals surface area contributed by atoms with E-state index in [-0.39, 0.29) is 19.1 Å². The molecule has 1 heterocycles. The van der Waals surface area contributed by atoms with Gasteiger partial charge in [-0.05, 0) is 31.9 Å². The number of hydrogen-bond acceptors (Lipinski definition) is 5. The number of benzene rings is 1. The van der Waals surface area contributed by atoms with Crippen LogP contribution in [0.4, 0.5) is 0 Å². The topological polar surface area (TPSA) is 92.9 Å². The molecule has 0 spiro atoms. The van der Waals surface area contributed by atoms with Crippen LogP contribution >= 0.6 is 0 Å². The third kappa shape index (κ3) is 4.59. The van der Waals surface area contributed by atoms with Crippen LogP contribution in [-0.2, 0) is 11.3 Å². The summed E-state index contributed by atoms with van der Waals surface area (Å²) >= 11 is 0. The van der Waals surface area contributed by atoms with Crippen LogP contribution in [0.25, 0.3) is 11.4 Å². The van der Waals surface area contributed by atoms with Crippen molar-refractivity contribution in [3.63, 3.8) is 0 Å². The lowest BCUT2D eigenvalue weighted by Crippen LogP contribution is -2.47. The van der Waals surface area contributed by atoms with Crippen molar-refractivity contribution in [1.29, 1.82) is 0 Å². The first-order chi connectivity index (χ1) is 11.0. The molecule has 1 atom stereocenters. The standard InChI is InChI=1S/C16H23N5O2/c1-4-16(3,9-10-22)17-14(23)11-21-19-15(18-20-21)13-7-5-12(2)6-8-13/h5-8,22H,4,9-11H2,1-3H3,(H,17,23). The van der Waals surface area contributed by atoms with Crippen LogP contribution in [0.1, 0.15) is 32.3 Å². The third-order valence-corrected chi connectivity index (χ3v) is 3.93. The number of aryl methyl sites for hydroxylation is 1. The van der Waals surface area contributed by atoms with Crippen molar-refractivity contribution in [3.05, 3.63) is 29.8 Å². The molecule has 0 saturated heterocycles. The average Bonchev–Trinajstić information content (AvgIpc) is 2.96. The van der Waals surface area contributed by atoms with Crippen molar-refractivity contribution in [3.8, 4) is 11.4 Å². The van der Waals surface area contributed by atoms with E-state index >= 15 is 0 Å². The largest absolute Gasteiger partial charge is 0.396 e. The van der Waals surface area contributed by atoms with Gasteiger partial charge in [0.05, 0.1) is 0 Å². The minimum absolute atomic E-state index is 0.000119. The van der Waals surface area contributed by atoms with Gasteiger partial charge < -0.3 is 10.4 Å². The Labute approximate surface area is 135 Å². The van der Waals surface area contributed by atoms with E-state index in [4.69, 9.17) is 5.11 Å². The lowest BCUT2D eigenvalue weighted by Gasteiger charge is -2.28. The molecule has 1 amide bonds. The fraction of sp³-hybridized carbons (Fsp3) is 0.500. The second-order valence-corrected chi connectivity index (χ2v) is 5.95. The Bertz CT molecular complexity index is 653. The molecule has 0 saturated carbocycles. The summed E-state index contributed by atoms with van der Waals surface area (Å²) in [5, 5.41) is 24.2. The highest BCUT2D eigenvalue weighted by atomic mass is 16.3. The normalized spacial score (nSPS) is 13.6. The maximum atomic E-state index is 12.1. The molecule has 0 aliphatic heterocycles. The molecule has 124 valence electrons. The summed E-state index contributed by atoms with van der Waals surface area (Å²) in [7, 11) is 0. The van der Waals surface area contributed by atoms with Gasteiger partial charge in [0.1, 0.15) is 6.54 Å². The van der Waals surface area contributed by atoms with Crippen molar-refractivity contribution < 1.29 is 9.90 Å². The maximum absolute atomic E-state index is 12.1. The second kappa shape index (κ2) is 7.32. The van der Waals surface area contributed by atoms with E-state index < -0.39 is 5.54 Å². The van der Waals surface area contributed by atoms with E-state index in [0.29, 0.717) is 12.2 Å². The first-order valence-corrected chi connectivity index (χ1v) is 7.72. The van der Waals surface area contributed by atoms with Crippen LogP contribution in [0.2, 0.25) is 0 Å². The Hall–Kier alpha value is -2.28. The number of carbonyl (C=O) groups excluding carboxylic acids is 1. The molecule has 0 bridgehead atoms. The van der Waals surface area contributed by atoms with Crippen molar-refractivity contribution in [1.82, 2.24) is 25.5 Å². The Morgan fingerprint density at radius 1 is 1.35 bits per heavy atom. The number of aliphatic hydroxyl groups excluding tert-OH is 1. The van der Waals surface area contributed by atoms with Crippen LogP contribution in [0.5, 0.6) is 0 Å². The summed E-state index contributed by atoms with van der Waals surface area (Å²) in [5.74, 6) is 0.294. The van der Waals surface area contributed by atoms with Gasteiger partial charge in [0.2, 0.25) is 11.7 Å². The molecule has 7 heteroatoms. The predicted molar refractivity (Wildman–Crippen MR) is 86.5 cm³/mol. The number of rotatable bonds is 7. The monoisotopic (exact) mass is 317 g/mol. The fourth-order valence-electron chi connectivity index (χ4n) is 2.21. The average molecular weight is 317 g/mol. The summed E-state index contributed by atoms with van der Waals surface area (Å²) in [6.07, 6.45) is 1.24. The first kappa shape index (κ1) is 17.1. The van der Waals surface area contributed by atoms with E-state index in [9.17, 15) is 4.79 Å². The Morgan fingerprint density at radius 3 is 2.65 bits per heavy atom. The highest BCUT2D eigenvalue weighted by Crippen LogP contribution is 2.15. The van der Waals surface area contributed by atoms with E-state index in [2.05, 4.69) is 20.7 Å². The minimum Gasteiger partial charge on any atom is -0.396 e. The van der Waals surface area contributed by atoms with Gasteiger partial charge in [0.15, 0.2) is 0 Å². The highest BCUT2D eigenvalue weighted by Gasteiger charge is 2.24. The first-order valence-electron chi connectivity index (χ1n) is 7.72. The summed E-state index contributed by atoms with van der Waals surface area (Å²) in [6, 6.07) is 7.80. The van der Waals surface area contributed by atoms with Gasteiger partial charge in [-0.25, -0.2) is 0 Å². The number of carbonyl (C=O) groups is 1. The Kier molecular flexibility index (Phi) is 5.44. The summed E-state index contributed by atoms with van der Waals surface area (Å²) in [4.78, 5) is 13.4. The van der Waals surface area contributed by atoms with Crippen molar-refractivity contribution >= 4 is 5.91 Å². The lowest BCUT2D eigenvalue weighted by atomic mass is 9.95. The summed E-state index contributed by atoms with van der Waals surface area (Å²) in [5.41, 5.74) is 1.59. The van der Waals surface area contributed by atoms with Crippen LogP contribution in [0, 0.1) is 6.92 Å². The van der Waals surface area contributed by atoms with Gasteiger partial charge in [-0.2, -0.15) is 4.80 Å². The van der Waals surface area contributed by atoms with Gasteiger partial charge in [0.25, 0.3) is 0 Å². The number of nitrogens with one attached hydrogen (secondary N) is 1. The lowest BCUT2D eigenvalue weighted by molar-refractivity contribution is -0.124. The summed E-state index contributed by atoms with van der Waals surface area (Å²) < 4.78 is 0. The molecule has 7 nitrogen and oxygen atoms in total. The van der Waals surface area contributed by atoms with Crippen molar-refractivity contribution in [2.24, 2.45) is 0 Å².